The van der Waals surface area contributed by atoms with Crippen molar-refractivity contribution in [2.45, 2.75) is 65.8 Å². The van der Waals surface area contributed by atoms with Gasteiger partial charge in [0.1, 0.15) is 11.4 Å². The molecule has 2 aromatic carbocycles. The van der Waals surface area contributed by atoms with Gasteiger partial charge in [0.2, 0.25) is 0 Å². The fourth-order valence-corrected chi connectivity index (χ4v) is 3.72. The number of rotatable bonds is 6. The topological polar surface area (TPSA) is 65.5 Å². The number of benzene rings is 2. The highest BCUT2D eigenvalue weighted by Crippen LogP contribution is 2.33. The second-order valence-electron chi connectivity index (χ2n) is 10.4. The third-order valence-corrected chi connectivity index (χ3v) is 5.42. The molecule has 0 saturated heterocycles. The number of pyridine rings is 1. The number of aryl methyl sites for hydroxylation is 2. The maximum absolute atomic E-state index is 13.6. The van der Waals surface area contributed by atoms with E-state index in [0.29, 0.717) is 27.8 Å². The minimum atomic E-state index is -4.78. The molecule has 3 rings (SSSR count). The number of ether oxygens (including phenoxy) is 2. The van der Waals surface area contributed by atoms with Crippen LogP contribution in [0.15, 0.2) is 48.5 Å². The first-order valence-corrected chi connectivity index (χ1v) is 11.7. The molecule has 8 heteroatoms. The minimum absolute atomic E-state index is 0.159. The van der Waals surface area contributed by atoms with Gasteiger partial charge in [0.05, 0.1) is 11.1 Å². The smallest absolute Gasteiger partial charge is 0.434 e. The van der Waals surface area contributed by atoms with E-state index < -0.39 is 40.4 Å². The van der Waals surface area contributed by atoms with Crippen molar-refractivity contribution in [2.24, 2.45) is 0 Å². The van der Waals surface area contributed by atoms with Crippen LogP contribution in [0, 0.1) is 13.8 Å². The molecule has 0 N–H and O–H groups in total. The number of nitrogens with zero attached hydrogens (tertiary/aromatic N) is 1. The van der Waals surface area contributed by atoms with Crippen LogP contribution in [0.4, 0.5) is 13.2 Å². The van der Waals surface area contributed by atoms with Crippen LogP contribution in [-0.4, -0.2) is 27.9 Å². The van der Waals surface area contributed by atoms with Gasteiger partial charge >= 0.3 is 12.1 Å². The Hall–Kier alpha value is -3.68. The summed E-state index contributed by atoms with van der Waals surface area (Å²) in [5.41, 5.74) is -1.54. The van der Waals surface area contributed by atoms with E-state index in [-0.39, 0.29) is 5.52 Å². The van der Waals surface area contributed by atoms with Gasteiger partial charge in [-0.25, -0.2) is 9.78 Å². The first kappa shape index (κ1) is 27.9. The van der Waals surface area contributed by atoms with Gasteiger partial charge in [-0.05, 0) is 95.5 Å². The summed E-state index contributed by atoms with van der Waals surface area (Å²) in [4.78, 5) is 29.1. The molecule has 0 atom stereocenters. The number of hydrogen-bond acceptors (Lipinski definition) is 5. The van der Waals surface area contributed by atoms with E-state index in [4.69, 9.17) is 9.47 Å². The average molecular weight is 514 g/mol. The molecule has 1 aromatic heterocycles. The van der Waals surface area contributed by atoms with Crippen molar-refractivity contribution in [1.29, 1.82) is 0 Å². The highest BCUT2D eigenvalue weighted by Gasteiger charge is 2.37. The van der Waals surface area contributed by atoms with Crippen LogP contribution < -0.4 is 4.74 Å². The van der Waals surface area contributed by atoms with Crippen LogP contribution in [0.25, 0.3) is 17.0 Å². The second-order valence-corrected chi connectivity index (χ2v) is 10.4. The molecule has 0 aliphatic carbocycles. The highest BCUT2D eigenvalue weighted by molar-refractivity contribution is 6.09. The molecule has 0 unspecified atom stereocenters. The molecular weight excluding hydrogens is 483 g/mol. The number of fused-ring (bicyclic) bond motifs is 1. The number of ketones is 1. The van der Waals surface area contributed by atoms with E-state index >= 15 is 0 Å². The molecule has 0 bridgehead atoms. The first-order chi connectivity index (χ1) is 17.0. The first-order valence-electron chi connectivity index (χ1n) is 11.7. The van der Waals surface area contributed by atoms with Crippen LogP contribution in [0.5, 0.6) is 5.75 Å². The van der Waals surface area contributed by atoms with Gasteiger partial charge in [-0.2, -0.15) is 13.2 Å². The van der Waals surface area contributed by atoms with E-state index in [9.17, 15) is 22.8 Å². The number of allylic oxidation sites excluding steroid dienone is 1. The van der Waals surface area contributed by atoms with Crippen LogP contribution in [0.2, 0.25) is 0 Å². The minimum Gasteiger partial charge on any atom is -0.476 e. The number of hydrogen-bond donors (Lipinski definition) is 0. The molecule has 0 aliphatic heterocycles. The largest absolute Gasteiger partial charge is 0.476 e. The lowest BCUT2D eigenvalue weighted by Crippen LogP contribution is -2.43. The quantitative estimate of drug-likeness (QED) is 0.197. The number of alkyl halides is 3. The lowest BCUT2D eigenvalue weighted by Gasteiger charge is -2.30. The summed E-state index contributed by atoms with van der Waals surface area (Å²) in [5, 5.41) is 0.438. The van der Waals surface area contributed by atoms with Gasteiger partial charge in [0, 0.05) is 5.39 Å². The molecule has 0 spiro atoms. The Balaban J connectivity index is 1.89. The molecule has 0 radical (unpaired) electrons. The fraction of sp³-hybridized carbons (Fsp3) is 0.345. The zero-order valence-electron chi connectivity index (χ0n) is 21.9. The molecular formula is C29H30F3NO4. The Bertz CT molecular complexity index is 1360. The van der Waals surface area contributed by atoms with Crippen molar-refractivity contribution in [2.75, 3.05) is 0 Å². The number of carbonyl (C=O) groups is 2. The molecule has 37 heavy (non-hydrogen) atoms. The summed E-state index contributed by atoms with van der Waals surface area (Å²) in [6.07, 6.45) is -2.24. The zero-order chi connectivity index (χ0) is 27.8. The van der Waals surface area contributed by atoms with Gasteiger partial charge in [-0.3, -0.25) is 4.79 Å². The summed E-state index contributed by atoms with van der Waals surface area (Å²) in [5.74, 6) is -0.845. The molecule has 0 aliphatic rings. The van der Waals surface area contributed by atoms with E-state index in [1.54, 1.807) is 78.8 Å². The Morgan fingerprint density at radius 3 is 2.08 bits per heavy atom. The maximum Gasteiger partial charge on any atom is 0.434 e. The summed E-state index contributed by atoms with van der Waals surface area (Å²) in [7, 11) is 0. The molecule has 5 nitrogen and oxygen atoms in total. The number of halogens is 3. The fourth-order valence-electron chi connectivity index (χ4n) is 3.72. The van der Waals surface area contributed by atoms with Gasteiger partial charge in [0.25, 0.3) is 0 Å². The normalized spacial score (nSPS) is 12.7. The second kappa shape index (κ2) is 10.00. The number of carbonyl (C=O) groups excluding carboxylic acids is 2. The predicted octanol–water partition coefficient (Wildman–Crippen LogP) is 7.27. The van der Waals surface area contributed by atoms with Crippen molar-refractivity contribution < 1.29 is 32.2 Å². The van der Waals surface area contributed by atoms with Crippen LogP contribution in [-0.2, 0) is 15.7 Å². The summed E-state index contributed by atoms with van der Waals surface area (Å²) in [6, 6.07) is 11.0. The number of esters is 1. The van der Waals surface area contributed by atoms with Crippen LogP contribution >= 0.6 is 0 Å². The van der Waals surface area contributed by atoms with Gasteiger partial charge < -0.3 is 9.47 Å². The van der Waals surface area contributed by atoms with Crippen molar-refractivity contribution in [1.82, 2.24) is 4.98 Å². The summed E-state index contributed by atoms with van der Waals surface area (Å²) in [6.45, 7) is 12.1. The third-order valence-electron chi connectivity index (χ3n) is 5.42. The maximum atomic E-state index is 13.6. The lowest BCUT2D eigenvalue weighted by atomic mass is 10.0. The Morgan fingerprint density at radius 2 is 1.51 bits per heavy atom. The molecule has 1 heterocycles. The van der Waals surface area contributed by atoms with Crippen molar-refractivity contribution >= 4 is 28.7 Å². The van der Waals surface area contributed by atoms with E-state index in [1.165, 1.54) is 18.2 Å². The highest BCUT2D eigenvalue weighted by atomic mass is 19.4. The van der Waals surface area contributed by atoms with Crippen LogP contribution in [0.1, 0.15) is 67.4 Å². The lowest BCUT2D eigenvalue weighted by molar-refractivity contribution is -0.171. The third kappa shape index (κ3) is 6.76. The standard InChI is InChI=1S/C29H30F3NO4/c1-17-14-19(15-18(2)24(17)36-28(6,7)26(35)37-27(3,4)5)12-13-23(34)21-16-20-10-8-9-11-22(20)33-25(21)29(30,31)32/h8-16H,1-7H3/b13-12+. The van der Waals surface area contributed by atoms with Gasteiger partial charge in [-0.1, -0.05) is 24.3 Å². The predicted molar refractivity (Wildman–Crippen MR) is 137 cm³/mol. The van der Waals surface area contributed by atoms with E-state index in [0.717, 1.165) is 6.08 Å². The number of aromatic nitrogens is 1. The molecule has 196 valence electrons. The monoisotopic (exact) mass is 513 g/mol. The number of para-hydroxylation sites is 1. The molecule has 3 aromatic rings. The SMILES string of the molecule is Cc1cc(/C=C/C(=O)c2cc3ccccc3nc2C(F)(F)F)cc(C)c1OC(C)(C)C(=O)OC(C)(C)C. The van der Waals surface area contributed by atoms with Crippen molar-refractivity contribution in [3.63, 3.8) is 0 Å². The zero-order valence-corrected chi connectivity index (χ0v) is 21.9. The molecule has 0 saturated carbocycles. The Labute approximate surface area is 214 Å². The van der Waals surface area contributed by atoms with Gasteiger partial charge in [0.15, 0.2) is 17.1 Å². The van der Waals surface area contributed by atoms with Gasteiger partial charge in [-0.15, -0.1) is 0 Å². The van der Waals surface area contributed by atoms with Crippen molar-refractivity contribution in [3.05, 3.63) is 76.5 Å². The molecule has 0 amide bonds. The molecule has 0 fully saturated rings. The Kier molecular flexibility index (Phi) is 7.54. The summed E-state index contributed by atoms with van der Waals surface area (Å²) < 4.78 is 52.4. The average Bonchev–Trinajstić information content (AvgIpc) is 2.77. The van der Waals surface area contributed by atoms with E-state index in [2.05, 4.69) is 4.98 Å². The summed E-state index contributed by atoms with van der Waals surface area (Å²) >= 11 is 0. The Morgan fingerprint density at radius 1 is 0.919 bits per heavy atom. The van der Waals surface area contributed by atoms with Crippen LogP contribution in [0.3, 0.4) is 0 Å². The van der Waals surface area contributed by atoms with E-state index in [1.807, 2.05) is 0 Å². The van der Waals surface area contributed by atoms with Crippen molar-refractivity contribution in [3.8, 4) is 5.75 Å².